The second-order valence-electron chi connectivity index (χ2n) is 12.7. The molecule has 4 aliphatic carbocycles. The van der Waals surface area contributed by atoms with E-state index in [0.717, 1.165) is 24.2 Å². The summed E-state index contributed by atoms with van der Waals surface area (Å²) < 4.78 is 0. The van der Waals surface area contributed by atoms with Crippen LogP contribution in [-0.2, 0) is 4.79 Å². The van der Waals surface area contributed by atoms with Gasteiger partial charge in [-0.05, 0) is 84.9 Å². The van der Waals surface area contributed by atoms with Gasteiger partial charge in [0.1, 0.15) is 5.78 Å². The Bertz CT molecular complexity index is 644. The van der Waals surface area contributed by atoms with Crippen LogP contribution in [0.1, 0.15) is 98.8 Å². The van der Waals surface area contributed by atoms with Crippen LogP contribution in [0, 0.1) is 52.3 Å². The van der Waals surface area contributed by atoms with Crippen LogP contribution in [0.5, 0.6) is 0 Å². The number of hydrogen-bond donors (Lipinski definition) is 2. The molecule has 0 aliphatic heterocycles. The molecule has 3 heteroatoms. The lowest BCUT2D eigenvalue weighted by atomic mass is 9.44. The van der Waals surface area contributed by atoms with Crippen LogP contribution in [0.4, 0.5) is 0 Å². The first-order valence-electron chi connectivity index (χ1n) is 13.0. The minimum atomic E-state index is -0.722. The zero-order valence-electron chi connectivity index (χ0n) is 20.1. The number of aliphatic hydroxyl groups excluding tert-OH is 2. The molecule has 0 amide bonds. The van der Waals surface area contributed by atoms with Crippen molar-refractivity contribution < 1.29 is 15.0 Å². The second kappa shape index (κ2) is 8.18. The summed E-state index contributed by atoms with van der Waals surface area (Å²) in [6.45, 7) is 12.0. The summed E-state index contributed by atoms with van der Waals surface area (Å²) in [7, 11) is 0. The predicted molar refractivity (Wildman–Crippen MR) is 121 cm³/mol. The maximum atomic E-state index is 13.3. The normalized spacial score (nSPS) is 49.5. The van der Waals surface area contributed by atoms with E-state index in [4.69, 9.17) is 0 Å². The molecule has 0 aromatic heterocycles. The molecule has 4 rings (SSSR count). The number of hydrogen-bond acceptors (Lipinski definition) is 3. The molecule has 3 nitrogen and oxygen atoms in total. The molecule has 0 spiro atoms. The van der Waals surface area contributed by atoms with E-state index in [1.54, 1.807) is 0 Å². The Hall–Kier alpha value is -0.410. The summed E-state index contributed by atoms with van der Waals surface area (Å²) in [6.07, 6.45) is 9.56. The number of Topliss-reactive ketones (excluding diaryl/α,β-unsaturated/α-hetero) is 1. The molecule has 10 atom stereocenters. The minimum Gasteiger partial charge on any atom is -0.390 e. The summed E-state index contributed by atoms with van der Waals surface area (Å²) in [5, 5.41) is 20.7. The highest BCUT2D eigenvalue weighted by atomic mass is 16.3. The topological polar surface area (TPSA) is 57.5 Å². The lowest BCUT2D eigenvalue weighted by molar-refractivity contribution is -0.173. The predicted octanol–water partition coefficient (Wildman–Crippen LogP) is 5.62. The standard InChI is InChI=1S/C27H46O3/c1-16(2)7-6-8-17(3)19-9-10-20-18-13-23(28)22-14-24(29)25(30)15-27(22,5)21(18)11-12-26(19,20)4/h16-22,24-25,29-30H,6-15H2,1-5H3/t17-,18+,19-,20+,21+,22-,24-,25+,26-,27-/m1/s1. The van der Waals surface area contributed by atoms with Gasteiger partial charge in [0.15, 0.2) is 0 Å². The van der Waals surface area contributed by atoms with Crippen LogP contribution in [0.3, 0.4) is 0 Å². The van der Waals surface area contributed by atoms with Gasteiger partial charge < -0.3 is 10.2 Å². The number of rotatable bonds is 5. The van der Waals surface area contributed by atoms with E-state index >= 15 is 0 Å². The molecule has 0 unspecified atom stereocenters. The Kier molecular flexibility index (Phi) is 6.21. The second-order valence-corrected chi connectivity index (χ2v) is 12.7. The third-order valence-corrected chi connectivity index (χ3v) is 10.7. The van der Waals surface area contributed by atoms with Crippen LogP contribution >= 0.6 is 0 Å². The third kappa shape index (κ3) is 3.60. The molecular formula is C27H46O3. The quantitative estimate of drug-likeness (QED) is 0.609. The molecule has 4 aliphatic rings. The largest absolute Gasteiger partial charge is 0.390 e. The van der Waals surface area contributed by atoms with Gasteiger partial charge in [-0.25, -0.2) is 0 Å². The van der Waals surface area contributed by atoms with Gasteiger partial charge in [0.25, 0.3) is 0 Å². The number of fused-ring (bicyclic) bond motifs is 5. The van der Waals surface area contributed by atoms with E-state index < -0.39 is 12.2 Å². The van der Waals surface area contributed by atoms with Crippen molar-refractivity contribution in [3.05, 3.63) is 0 Å². The Morgan fingerprint density at radius 2 is 1.67 bits per heavy atom. The monoisotopic (exact) mass is 418 g/mol. The van der Waals surface area contributed by atoms with E-state index in [-0.39, 0.29) is 11.3 Å². The first kappa shape index (κ1) is 22.8. The van der Waals surface area contributed by atoms with Crippen molar-refractivity contribution in [1.82, 2.24) is 0 Å². The Balaban J connectivity index is 1.52. The lowest BCUT2D eigenvalue weighted by Crippen LogP contribution is -2.59. The first-order valence-corrected chi connectivity index (χ1v) is 13.0. The maximum absolute atomic E-state index is 13.3. The van der Waals surface area contributed by atoms with E-state index in [9.17, 15) is 15.0 Å². The summed E-state index contributed by atoms with van der Waals surface area (Å²) in [5.74, 6) is 4.41. The third-order valence-electron chi connectivity index (χ3n) is 10.7. The van der Waals surface area contributed by atoms with Crippen molar-refractivity contribution in [3.8, 4) is 0 Å². The lowest BCUT2D eigenvalue weighted by Gasteiger charge is -2.61. The van der Waals surface area contributed by atoms with Gasteiger partial charge >= 0.3 is 0 Å². The molecular weight excluding hydrogens is 372 g/mol. The van der Waals surface area contributed by atoms with Crippen LogP contribution < -0.4 is 0 Å². The summed E-state index contributed by atoms with van der Waals surface area (Å²) in [6, 6.07) is 0. The molecule has 4 saturated carbocycles. The van der Waals surface area contributed by atoms with Gasteiger partial charge in [-0.2, -0.15) is 0 Å². The molecule has 2 N–H and O–H groups in total. The van der Waals surface area contributed by atoms with Gasteiger partial charge in [0, 0.05) is 12.3 Å². The fraction of sp³-hybridized carbons (Fsp3) is 0.963. The maximum Gasteiger partial charge on any atom is 0.136 e. The van der Waals surface area contributed by atoms with Gasteiger partial charge in [-0.1, -0.05) is 53.9 Å². The van der Waals surface area contributed by atoms with Gasteiger partial charge in [0.2, 0.25) is 0 Å². The van der Waals surface area contributed by atoms with Crippen LogP contribution in [-0.4, -0.2) is 28.2 Å². The first-order chi connectivity index (χ1) is 14.1. The van der Waals surface area contributed by atoms with E-state index in [0.29, 0.717) is 41.8 Å². The van der Waals surface area contributed by atoms with Crippen molar-refractivity contribution in [2.75, 3.05) is 0 Å². The van der Waals surface area contributed by atoms with Gasteiger partial charge in [0.05, 0.1) is 12.2 Å². The minimum absolute atomic E-state index is 0.0475. The van der Waals surface area contributed by atoms with Crippen molar-refractivity contribution in [2.45, 2.75) is 111 Å². The number of carbonyl (C=O) groups is 1. The van der Waals surface area contributed by atoms with Crippen LogP contribution in [0.25, 0.3) is 0 Å². The molecule has 4 fully saturated rings. The highest BCUT2D eigenvalue weighted by Gasteiger charge is 2.63. The van der Waals surface area contributed by atoms with Crippen molar-refractivity contribution in [2.24, 2.45) is 52.3 Å². The Labute approximate surface area is 184 Å². The molecule has 0 saturated heterocycles. The van der Waals surface area contributed by atoms with E-state index in [1.165, 1.54) is 44.9 Å². The summed E-state index contributed by atoms with van der Waals surface area (Å²) in [5.41, 5.74) is 0.260. The Morgan fingerprint density at radius 1 is 0.967 bits per heavy atom. The zero-order chi connectivity index (χ0) is 21.8. The number of ketones is 1. The van der Waals surface area contributed by atoms with Crippen molar-refractivity contribution in [1.29, 1.82) is 0 Å². The Morgan fingerprint density at radius 3 is 2.37 bits per heavy atom. The molecule has 30 heavy (non-hydrogen) atoms. The van der Waals surface area contributed by atoms with E-state index in [1.807, 2.05) is 0 Å². The molecule has 0 aromatic carbocycles. The fourth-order valence-corrected chi connectivity index (χ4v) is 9.10. The smallest absolute Gasteiger partial charge is 0.136 e. The highest BCUT2D eigenvalue weighted by molar-refractivity contribution is 5.83. The number of aliphatic hydroxyl groups is 2. The zero-order valence-corrected chi connectivity index (χ0v) is 20.1. The number of carbonyl (C=O) groups excluding carboxylic acids is 1. The van der Waals surface area contributed by atoms with Crippen molar-refractivity contribution >= 4 is 5.78 Å². The average Bonchev–Trinajstić information content (AvgIpc) is 3.01. The summed E-state index contributed by atoms with van der Waals surface area (Å²) >= 11 is 0. The summed E-state index contributed by atoms with van der Waals surface area (Å²) in [4.78, 5) is 13.3. The van der Waals surface area contributed by atoms with Gasteiger partial charge in [-0.3, -0.25) is 4.79 Å². The molecule has 0 bridgehead atoms. The van der Waals surface area contributed by atoms with Gasteiger partial charge in [-0.15, -0.1) is 0 Å². The molecule has 172 valence electrons. The molecule has 0 radical (unpaired) electrons. The van der Waals surface area contributed by atoms with Crippen LogP contribution in [0.15, 0.2) is 0 Å². The van der Waals surface area contributed by atoms with Crippen molar-refractivity contribution in [3.63, 3.8) is 0 Å². The SMILES string of the molecule is CC(C)CCC[C@@H](C)[C@H]1CC[C@H]2[C@@H]3CC(=O)[C@H]4C[C@@H](O)[C@@H](O)C[C@]4(C)[C@H]3CC[C@]12C. The molecule has 0 heterocycles. The van der Waals surface area contributed by atoms with Crippen LogP contribution in [0.2, 0.25) is 0 Å². The molecule has 0 aromatic rings. The van der Waals surface area contributed by atoms with E-state index in [2.05, 4.69) is 34.6 Å². The fourth-order valence-electron chi connectivity index (χ4n) is 9.10. The highest BCUT2D eigenvalue weighted by Crippen LogP contribution is 2.67. The average molecular weight is 419 g/mol.